The van der Waals surface area contributed by atoms with Crippen molar-refractivity contribution in [2.24, 2.45) is 0 Å². The normalized spacial score (nSPS) is 14.6. The molecule has 4 rings (SSSR count). The van der Waals surface area contributed by atoms with E-state index >= 15 is 0 Å². The number of carbonyl (C=O) groups is 2. The fraction of sp³-hybridized carbons (Fsp3) is 0.125. The van der Waals surface area contributed by atoms with Gasteiger partial charge in [0.25, 0.3) is 0 Å². The third-order valence-electron chi connectivity index (χ3n) is 3.79. The number of nitrogens with one attached hydrogen (secondary N) is 1. The van der Waals surface area contributed by atoms with Crippen LogP contribution < -0.4 is 5.43 Å². The summed E-state index contributed by atoms with van der Waals surface area (Å²) in [5.41, 5.74) is 4.74. The molecular formula is C16H11ClN4O2S. The Kier molecular flexibility index (Phi) is 3.66. The van der Waals surface area contributed by atoms with Gasteiger partial charge in [0.05, 0.1) is 5.39 Å². The predicted octanol–water partition coefficient (Wildman–Crippen LogP) is 3.49. The minimum atomic E-state index is -0.255. The summed E-state index contributed by atoms with van der Waals surface area (Å²) in [4.78, 5) is 33.0. The van der Waals surface area contributed by atoms with E-state index in [1.165, 1.54) is 17.7 Å². The number of carbonyl (C=O) groups excluding carboxylic acids is 2. The number of imide groups is 1. The second-order valence-electron chi connectivity index (χ2n) is 5.29. The number of halogens is 1. The number of hydrogen-bond donors (Lipinski definition) is 1. The average Bonchev–Trinajstić information content (AvgIpc) is 3.15. The summed E-state index contributed by atoms with van der Waals surface area (Å²) < 4.78 is 0. The summed E-state index contributed by atoms with van der Waals surface area (Å²) in [6, 6.07) is 7.44. The highest BCUT2D eigenvalue weighted by Gasteiger charge is 2.30. The Morgan fingerprint density at radius 1 is 1.08 bits per heavy atom. The van der Waals surface area contributed by atoms with Crippen molar-refractivity contribution in [2.75, 3.05) is 5.43 Å². The molecule has 3 aromatic rings. The van der Waals surface area contributed by atoms with E-state index in [0.717, 1.165) is 26.4 Å². The number of fused-ring (bicyclic) bond motifs is 1. The van der Waals surface area contributed by atoms with Crippen molar-refractivity contribution in [1.29, 1.82) is 0 Å². The zero-order valence-corrected chi connectivity index (χ0v) is 13.9. The van der Waals surface area contributed by atoms with Crippen LogP contribution in [0.1, 0.15) is 12.8 Å². The topological polar surface area (TPSA) is 75.2 Å². The minimum absolute atomic E-state index is 0.216. The molecule has 1 saturated heterocycles. The van der Waals surface area contributed by atoms with Gasteiger partial charge in [-0.2, -0.15) is 5.01 Å². The van der Waals surface area contributed by atoms with E-state index in [4.69, 9.17) is 11.6 Å². The van der Waals surface area contributed by atoms with Crippen LogP contribution in [0.4, 0.5) is 5.82 Å². The third kappa shape index (κ3) is 2.51. The number of anilines is 1. The highest BCUT2D eigenvalue weighted by molar-refractivity contribution is 7.17. The van der Waals surface area contributed by atoms with Crippen molar-refractivity contribution in [2.45, 2.75) is 12.8 Å². The molecule has 1 fully saturated rings. The van der Waals surface area contributed by atoms with Gasteiger partial charge in [-0.1, -0.05) is 23.7 Å². The standard InChI is InChI=1S/C16H11ClN4O2S/c17-10-3-1-9(2-4-10)11-7-24-16-14(11)15(18-8-19-16)20-21-12(22)5-6-13(21)23/h1-4,7-8H,5-6H2,(H,18,19,20). The molecule has 0 saturated carbocycles. The Hall–Kier alpha value is -2.51. The van der Waals surface area contributed by atoms with Gasteiger partial charge in [-0.25, -0.2) is 9.97 Å². The van der Waals surface area contributed by atoms with Gasteiger partial charge < -0.3 is 0 Å². The Bertz CT molecular complexity index is 938. The molecule has 0 radical (unpaired) electrons. The highest BCUT2D eigenvalue weighted by Crippen LogP contribution is 2.37. The fourth-order valence-corrected chi connectivity index (χ4v) is 3.65. The number of nitrogens with zero attached hydrogens (tertiary/aromatic N) is 3. The van der Waals surface area contributed by atoms with Gasteiger partial charge in [0, 0.05) is 28.8 Å². The first-order valence-corrected chi connectivity index (χ1v) is 8.50. The molecule has 1 N–H and O–H groups in total. The van der Waals surface area contributed by atoms with Crippen molar-refractivity contribution >= 4 is 50.8 Å². The average molecular weight is 359 g/mol. The molecule has 0 spiro atoms. The van der Waals surface area contributed by atoms with Gasteiger partial charge in [0.1, 0.15) is 11.2 Å². The second kappa shape index (κ2) is 5.85. The van der Waals surface area contributed by atoms with Crippen molar-refractivity contribution in [3.05, 3.63) is 41.0 Å². The molecule has 2 aromatic heterocycles. The van der Waals surface area contributed by atoms with Gasteiger partial charge in [-0.3, -0.25) is 15.0 Å². The number of thiophene rings is 1. The Balaban J connectivity index is 1.81. The summed E-state index contributed by atoms with van der Waals surface area (Å²) in [7, 11) is 0. The van der Waals surface area contributed by atoms with E-state index in [1.54, 1.807) is 0 Å². The molecule has 1 aliphatic heterocycles. The van der Waals surface area contributed by atoms with Gasteiger partial charge in [0.2, 0.25) is 11.8 Å². The second-order valence-corrected chi connectivity index (χ2v) is 6.59. The quantitative estimate of drug-likeness (QED) is 0.725. The number of hydrogen-bond acceptors (Lipinski definition) is 6. The van der Waals surface area contributed by atoms with Gasteiger partial charge in [-0.05, 0) is 17.7 Å². The molecule has 0 atom stereocenters. The number of aromatic nitrogens is 2. The van der Waals surface area contributed by atoms with Crippen LogP contribution >= 0.6 is 22.9 Å². The smallest absolute Gasteiger partial charge is 0.248 e. The lowest BCUT2D eigenvalue weighted by Crippen LogP contribution is -2.35. The fourth-order valence-electron chi connectivity index (χ4n) is 2.61. The molecule has 24 heavy (non-hydrogen) atoms. The molecule has 3 heterocycles. The lowest BCUT2D eigenvalue weighted by atomic mass is 10.1. The first-order chi connectivity index (χ1) is 11.6. The van der Waals surface area contributed by atoms with E-state index < -0.39 is 0 Å². The van der Waals surface area contributed by atoms with Crippen LogP contribution in [0.2, 0.25) is 5.02 Å². The third-order valence-corrected chi connectivity index (χ3v) is 4.93. The molecule has 8 heteroatoms. The van der Waals surface area contributed by atoms with E-state index in [0.29, 0.717) is 10.8 Å². The van der Waals surface area contributed by atoms with Crippen LogP contribution in [0.25, 0.3) is 21.3 Å². The minimum Gasteiger partial charge on any atom is -0.273 e. The molecule has 2 amide bonds. The maximum absolute atomic E-state index is 11.8. The predicted molar refractivity (Wildman–Crippen MR) is 92.6 cm³/mol. The van der Waals surface area contributed by atoms with Crippen LogP contribution in [0.15, 0.2) is 36.0 Å². The summed E-state index contributed by atoms with van der Waals surface area (Å²) in [6.07, 6.45) is 1.85. The van der Waals surface area contributed by atoms with Crippen LogP contribution in [0.5, 0.6) is 0 Å². The molecule has 120 valence electrons. The summed E-state index contributed by atoms with van der Waals surface area (Å²) in [6.45, 7) is 0. The molecular weight excluding hydrogens is 348 g/mol. The maximum atomic E-state index is 11.8. The largest absolute Gasteiger partial charge is 0.273 e. The molecule has 1 aliphatic rings. The molecule has 0 unspecified atom stereocenters. The van der Waals surface area contributed by atoms with E-state index in [9.17, 15) is 9.59 Å². The van der Waals surface area contributed by atoms with E-state index in [2.05, 4.69) is 15.4 Å². The van der Waals surface area contributed by atoms with Crippen molar-refractivity contribution in [3.8, 4) is 11.1 Å². The molecule has 6 nitrogen and oxygen atoms in total. The summed E-state index contributed by atoms with van der Waals surface area (Å²) in [5, 5.41) is 4.44. The van der Waals surface area contributed by atoms with Crippen LogP contribution in [0, 0.1) is 0 Å². The van der Waals surface area contributed by atoms with Crippen molar-refractivity contribution in [1.82, 2.24) is 15.0 Å². The molecule has 0 aliphatic carbocycles. The number of benzene rings is 1. The van der Waals surface area contributed by atoms with Crippen molar-refractivity contribution < 1.29 is 9.59 Å². The maximum Gasteiger partial charge on any atom is 0.248 e. The molecule has 1 aromatic carbocycles. The lowest BCUT2D eigenvalue weighted by Gasteiger charge is -2.16. The number of hydrazine groups is 1. The zero-order chi connectivity index (χ0) is 16.7. The zero-order valence-electron chi connectivity index (χ0n) is 12.3. The monoisotopic (exact) mass is 358 g/mol. The van der Waals surface area contributed by atoms with Gasteiger partial charge >= 0.3 is 0 Å². The summed E-state index contributed by atoms with van der Waals surface area (Å²) in [5.74, 6) is -0.0696. The van der Waals surface area contributed by atoms with Crippen LogP contribution in [-0.2, 0) is 9.59 Å². The number of amides is 2. The van der Waals surface area contributed by atoms with Gasteiger partial charge in [0.15, 0.2) is 5.82 Å². The Morgan fingerprint density at radius 2 is 1.79 bits per heavy atom. The Morgan fingerprint density at radius 3 is 2.50 bits per heavy atom. The van der Waals surface area contributed by atoms with Crippen LogP contribution in [0.3, 0.4) is 0 Å². The number of rotatable bonds is 3. The highest BCUT2D eigenvalue weighted by atomic mass is 35.5. The lowest BCUT2D eigenvalue weighted by molar-refractivity contribution is -0.136. The first-order valence-electron chi connectivity index (χ1n) is 7.24. The first kappa shape index (κ1) is 15.0. The SMILES string of the molecule is O=C1CCC(=O)N1Nc1ncnc2scc(-c3ccc(Cl)cc3)c12. The summed E-state index contributed by atoms with van der Waals surface area (Å²) >= 11 is 7.43. The molecule has 0 bridgehead atoms. The van der Waals surface area contributed by atoms with E-state index in [-0.39, 0.29) is 24.7 Å². The Labute approximate surface area is 146 Å². The van der Waals surface area contributed by atoms with Gasteiger partial charge in [-0.15, -0.1) is 11.3 Å². The van der Waals surface area contributed by atoms with Crippen LogP contribution in [-0.4, -0.2) is 26.8 Å². The van der Waals surface area contributed by atoms with E-state index in [1.807, 2.05) is 29.6 Å². The van der Waals surface area contributed by atoms with Crippen molar-refractivity contribution in [3.63, 3.8) is 0 Å².